The van der Waals surface area contributed by atoms with Crippen molar-refractivity contribution in [3.8, 4) is 0 Å². The zero-order valence-electron chi connectivity index (χ0n) is 9.90. The summed E-state index contributed by atoms with van der Waals surface area (Å²) < 4.78 is 35.7. The Morgan fingerprint density at radius 1 is 1.38 bits per heavy atom. The van der Waals surface area contributed by atoms with Crippen LogP contribution in [0, 0.1) is 0 Å². The van der Waals surface area contributed by atoms with Gasteiger partial charge < -0.3 is 10.2 Å². The normalized spacial score (nSPS) is 11.9. The van der Waals surface area contributed by atoms with Crippen LogP contribution in [-0.2, 0) is 4.79 Å². The molecule has 0 unspecified atom stereocenters. The quantitative estimate of drug-likeness (QED) is 0.767. The molecule has 0 fully saturated rings. The van der Waals surface area contributed by atoms with Gasteiger partial charge in [0.25, 0.3) is 0 Å². The average molecular weight is 240 g/mol. The standard InChI is InChI=1S/C10H19F3N2O/c1-8(2)14-6-4-9(16)15(3)7-5-10(11,12)13/h8,14H,4-7H2,1-3H3. The second-order valence-electron chi connectivity index (χ2n) is 4.04. The summed E-state index contributed by atoms with van der Waals surface area (Å²) in [7, 11) is 1.39. The fourth-order valence-corrected chi connectivity index (χ4v) is 1.08. The van der Waals surface area contributed by atoms with Crippen molar-refractivity contribution in [1.29, 1.82) is 0 Å². The first kappa shape index (κ1) is 15.2. The summed E-state index contributed by atoms with van der Waals surface area (Å²) in [6, 6.07) is 0.272. The van der Waals surface area contributed by atoms with E-state index in [1.165, 1.54) is 7.05 Å². The van der Waals surface area contributed by atoms with Gasteiger partial charge in [0.2, 0.25) is 5.91 Å². The van der Waals surface area contributed by atoms with Crippen LogP contribution >= 0.6 is 0 Å². The van der Waals surface area contributed by atoms with Gasteiger partial charge in [-0.15, -0.1) is 0 Å². The molecular weight excluding hydrogens is 221 g/mol. The molecule has 0 aliphatic rings. The van der Waals surface area contributed by atoms with Gasteiger partial charge in [-0.25, -0.2) is 0 Å². The van der Waals surface area contributed by atoms with Gasteiger partial charge in [-0.2, -0.15) is 13.2 Å². The lowest BCUT2D eigenvalue weighted by Crippen LogP contribution is -2.34. The Morgan fingerprint density at radius 2 is 1.94 bits per heavy atom. The van der Waals surface area contributed by atoms with Crippen LogP contribution in [0.25, 0.3) is 0 Å². The predicted octanol–water partition coefficient (Wildman–Crippen LogP) is 1.79. The van der Waals surface area contributed by atoms with Crippen LogP contribution in [0.5, 0.6) is 0 Å². The minimum absolute atomic E-state index is 0.229. The predicted molar refractivity (Wildman–Crippen MR) is 56.1 cm³/mol. The summed E-state index contributed by atoms with van der Waals surface area (Å²) >= 11 is 0. The van der Waals surface area contributed by atoms with E-state index in [-0.39, 0.29) is 24.9 Å². The number of carbonyl (C=O) groups excluding carboxylic acids is 1. The van der Waals surface area contributed by atoms with Crippen molar-refractivity contribution in [1.82, 2.24) is 10.2 Å². The Balaban J connectivity index is 3.74. The molecule has 3 nitrogen and oxygen atoms in total. The average Bonchev–Trinajstić information content (AvgIpc) is 2.12. The maximum Gasteiger partial charge on any atom is 0.390 e. The molecule has 0 aliphatic carbocycles. The highest BCUT2D eigenvalue weighted by atomic mass is 19.4. The van der Waals surface area contributed by atoms with Crippen molar-refractivity contribution >= 4 is 5.91 Å². The number of carbonyl (C=O) groups is 1. The van der Waals surface area contributed by atoms with Crippen molar-refractivity contribution in [2.45, 2.75) is 38.9 Å². The summed E-state index contributed by atoms with van der Waals surface area (Å²) in [6.07, 6.45) is -4.93. The maximum absolute atomic E-state index is 11.9. The zero-order valence-corrected chi connectivity index (χ0v) is 9.90. The molecule has 0 aromatic heterocycles. The van der Waals surface area contributed by atoms with Crippen LogP contribution in [0.4, 0.5) is 13.2 Å². The molecule has 96 valence electrons. The van der Waals surface area contributed by atoms with Gasteiger partial charge >= 0.3 is 6.18 Å². The number of halogens is 3. The lowest BCUT2D eigenvalue weighted by atomic mass is 10.3. The molecule has 0 bridgehead atoms. The van der Waals surface area contributed by atoms with E-state index in [4.69, 9.17) is 0 Å². The first-order valence-electron chi connectivity index (χ1n) is 5.26. The van der Waals surface area contributed by atoms with Gasteiger partial charge in [-0.3, -0.25) is 4.79 Å². The molecule has 0 aliphatic heterocycles. The van der Waals surface area contributed by atoms with Crippen LogP contribution in [0.1, 0.15) is 26.7 Å². The van der Waals surface area contributed by atoms with E-state index < -0.39 is 12.6 Å². The first-order valence-corrected chi connectivity index (χ1v) is 5.26. The summed E-state index contributed by atoms with van der Waals surface area (Å²) in [6.45, 7) is 4.10. The number of nitrogens with one attached hydrogen (secondary N) is 1. The van der Waals surface area contributed by atoms with E-state index in [9.17, 15) is 18.0 Å². The fourth-order valence-electron chi connectivity index (χ4n) is 1.08. The highest BCUT2D eigenvalue weighted by Gasteiger charge is 2.27. The third kappa shape index (κ3) is 8.52. The molecule has 0 atom stereocenters. The van der Waals surface area contributed by atoms with Crippen molar-refractivity contribution in [2.75, 3.05) is 20.1 Å². The third-order valence-electron chi connectivity index (χ3n) is 2.05. The maximum atomic E-state index is 11.9. The smallest absolute Gasteiger partial charge is 0.345 e. The number of hydrogen-bond donors (Lipinski definition) is 1. The molecule has 0 spiro atoms. The van der Waals surface area contributed by atoms with Crippen molar-refractivity contribution in [2.24, 2.45) is 0 Å². The van der Waals surface area contributed by atoms with Crippen molar-refractivity contribution < 1.29 is 18.0 Å². The van der Waals surface area contributed by atoms with Gasteiger partial charge in [-0.1, -0.05) is 13.8 Å². The van der Waals surface area contributed by atoms with Gasteiger partial charge in [0, 0.05) is 32.6 Å². The van der Waals surface area contributed by atoms with E-state index in [0.29, 0.717) is 6.54 Å². The molecular formula is C10H19F3N2O. The van der Waals surface area contributed by atoms with Crippen LogP contribution in [0.2, 0.25) is 0 Å². The third-order valence-corrected chi connectivity index (χ3v) is 2.05. The van der Waals surface area contributed by atoms with E-state index >= 15 is 0 Å². The fraction of sp³-hybridized carbons (Fsp3) is 0.900. The Kier molecular flexibility index (Phi) is 6.40. The molecule has 1 amide bonds. The number of amides is 1. The van der Waals surface area contributed by atoms with Crippen LogP contribution < -0.4 is 5.32 Å². The number of hydrogen-bond acceptors (Lipinski definition) is 2. The van der Waals surface area contributed by atoms with E-state index in [1.54, 1.807) is 0 Å². The molecule has 16 heavy (non-hydrogen) atoms. The van der Waals surface area contributed by atoms with E-state index in [1.807, 2.05) is 13.8 Å². The largest absolute Gasteiger partial charge is 0.390 e. The van der Waals surface area contributed by atoms with Gasteiger partial charge in [0.15, 0.2) is 0 Å². The molecule has 0 rings (SSSR count). The van der Waals surface area contributed by atoms with Gasteiger partial charge in [0.1, 0.15) is 0 Å². The molecule has 0 aromatic rings. The van der Waals surface area contributed by atoms with Crippen molar-refractivity contribution in [3.05, 3.63) is 0 Å². The number of alkyl halides is 3. The van der Waals surface area contributed by atoms with Gasteiger partial charge in [0.05, 0.1) is 6.42 Å². The molecule has 0 saturated carbocycles. The van der Waals surface area contributed by atoms with Gasteiger partial charge in [-0.05, 0) is 0 Å². The summed E-state index contributed by atoms with van der Waals surface area (Å²) in [5, 5.41) is 3.03. The van der Waals surface area contributed by atoms with Crippen molar-refractivity contribution in [3.63, 3.8) is 0 Å². The number of rotatable bonds is 6. The van der Waals surface area contributed by atoms with E-state index in [0.717, 1.165) is 4.90 Å². The molecule has 0 heterocycles. The molecule has 0 saturated heterocycles. The Labute approximate surface area is 94.0 Å². The van der Waals surface area contributed by atoms with Crippen LogP contribution in [0.3, 0.4) is 0 Å². The topological polar surface area (TPSA) is 32.3 Å². The monoisotopic (exact) mass is 240 g/mol. The highest BCUT2D eigenvalue weighted by molar-refractivity contribution is 5.76. The summed E-state index contributed by atoms with van der Waals surface area (Å²) in [4.78, 5) is 12.5. The SMILES string of the molecule is CC(C)NCCC(=O)N(C)CCC(F)(F)F. The van der Waals surface area contributed by atoms with E-state index in [2.05, 4.69) is 5.32 Å². The molecule has 0 aromatic carbocycles. The molecule has 1 N–H and O–H groups in total. The van der Waals surface area contributed by atoms with Crippen LogP contribution in [0.15, 0.2) is 0 Å². The lowest BCUT2D eigenvalue weighted by molar-refractivity contribution is -0.143. The Hall–Kier alpha value is -0.780. The lowest BCUT2D eigenvalue weighted by Gasteiger charge is -2.18. The Morgan fingerprint density at radius 3 is 2.38 bits per heavy atom. The molecule has 0 radical (unpaired) electrons. The van der Waals surface area contributed by atoms with Crippen LogP contribution in [-0.4, -0.2) is 43.2 Å². The highest BCUT2D eigenvalue weighted by Crippen LogP contribution is 2.19. The first-order chi connectivity index (χ1) is 7.22. The summed E-state index contributed by atoms with van der Waals surface area (Å²) in [5.41, 5.74) is 0. The minimum Gasteiger partial charge on any atom is -0.345 e. The second kappa shape index (κ2) is 6.73. The second-order valence-corrected chi connectivity index (χ2v) is 4.04. The molecule has 6 heteroatoms. The minimum atomic E-state index is -4.20. The number of nitrogens with zero attached hydrogens (tertiary/aromatic N) is 1. The Bertz CT molecular complexity index is 217. The summed E-state index contributed by atoms with van der Waals surface area (Å²) in [5.74, 6) is -0.266. The zero-order chi connectivity index (χ0) is 12.8.